The molecule has 3 nitrogen and oxygen atoms in total. The van der Waals surface area contributed by atoms with Crippen molar-refractivity contribution in [1.82, 2.24) is 0 Å². The number of hydrogen-bond donors (Lipinski definition) is 0. The first-order chi connectivity index (χ1) is 10.2. The lowest BCUT2D eigenvalue weighted by atomic mass is 10.1. The van der Waals surface area contributed by atoms with E-state index in [0.29, 0.717) is 18.2 Å². The normalized spacial score (nSPS) is 10.4. The molecule has 21 heavy (non-hydrogen) atoms. The maximum absolute atomic E-state index is 11.4. The molecule has 0 aliphatic heterocycles. The van der Waals surface area contributed by atoms with Gasteiger partial charge in [-0.15, -0.1) is 0 Å². The summed E-state index contributed by atoms with van der Waals surface area (Å²) in [7, 11) is 1.39. The minimum absolute atomic E-state index is 0.253. The van der Waals surface area contributed by atoms with E-state index >= 15 is 0 Å². The SMILES string of the molecule is COC(=O)Cc1ccccc1COCc1cccc(Cl)c1. The molecule has 2 aromatic rings. The molecule has 0 bridgehead atoms. The number of methoxy groups -OCH3 is 1. The smallest absolute Gasteiger partial charge is 0.309 e. The molecule has 0 heterocycles. The third kappa shape index (κ3) is 4.88. The number of halogens is 1. The van der Waals surface area contributed by atoms with Crippen molar-refractivity contribution < 1.29 is 14.3 Å². The zero-order chi connectivity index (χ0) is 15.1. The van der Waals surface area contributed by atoms with Gasteiger partial charge in [-0.1, -0.05) is 48.0 Å². The fraction of sp³-hybridized carbons (Fsp3) is 0.235. The van der Waals surface area contributed by atoms with Crippen molar-refractivity contribution in [3.8, 4) is 0 Å². The van der Waals surface area contributed by atoms with E-state index < -0.39 is 0 Å². The quantitative estimate of drug-likeness (QED) is 0.762. The van der Waals surface area contributed by atoms with Gasteiger partial charge < -0.3 is 9.47 Å². The summed E-state index contributed by atoms with van der Waals surface area (Å²) in [5, 5.41) is 0.696. The van der Waals surface area contributed by atoms with E-state index in [1.807, 2.05) is 48.5 Å². The summed E-state index contributed by atoms with van der Waals surface area (Å²) in [5.41, 5.74) is 2.94. The molecule has 0 saturated heterocycles. The maximum atomic E-state index is 11.4. The third-order valence-corrected chi connectivity index (χ3v) is 3.33. The molecule has 0 spiro atoms. The summed E-state index contributed by atoms with van der Waals surface area (Å²) in [6.45, 7) is 0.923. The lowest BCUT2D eigenvalue weighted by Gasteiger charge is -2.09. The fourth-order valence-corrected chi connectivity index (χ4v) is 2.22. The van der Waals surface area contributed by atoms with Crippen molar-refractivity contribution in [3.63, 3.8) is 0 Å². The molecule has 0 unspecified atom stereocenters. The molecule has 0 aromatic heterocycles. The van der Waals surface area contributed by atoms with Gasteiger partial charge in [0, 0.05) is 5.02 Å². The fourth-order valence-electron chi connectivity index (χ4n) is 2.00. The van der Waals surface area contributed by atoms with Crippen LogP contribution in [-0.4, -0.2) is 13.1 Å². The highest BCUT2D eigenvalue weighted by atomic mass is 35.5. The molecule has 0 fully saturated rings. The highest BCUT2D eigenvalue weighted by Gasteiger charge is 2.07. The lowest BCUT2D eigenvalue weighted by molar-refractivity contribution is -0.139. The van der Waals surface area contributed by atoms with E-state index in [1.54, 1.807) is 0 Å². The van der Waals surface area contributed by atoms with Gasteiger partial charge in [-0.2, -0.15) is 0 Å². The second kappa shape index (κ2) is 7.81. The highest BCUT2D eigenvalue weighted by molar-refractivity contribution is 6.30. The van der Waals surface area contributed by atoms with Crippen molar-refractivity contribution in [2.24, 2.45) is 0 Å². The molecule has 0 saturated carbocycles. The largest absolute Gasteiger partial charge is 0.469 e. The second-order valence-corrected chi connectivity index (χ2v) is 5.08. The Hall–Kier alpha value is -1.84. The third-order valence-electron chi connectivity index (χ3n) is 3.10. The lowest BCUT2D eigenvalue weighted by Crippen LogP contribution is -2.07. The van der Waals surface area contributed by atoms with Crippen molar-refractivity contribution >= 4 is 17.6 Å². The number of carbonyl (C=O) groups excluding carboxylic acids is 1. The number of hydrogen-bond acceptors (Lipinski definition) is 3. The Kier molecular flexibility index (Phi) is 5.78. The zero-order valence-corrected chi connectivity index (χ0v) is 12.6. The van der Waals surface area contributed by atoms with Crippen molar-refractivity contribution in [2.45, 2.75) is 19.6 Å². The van der Waals surface area contributed by atoms with Crippen LogP contribution in [0.15, 0.2) is 48.5 Å². The zero-order valence-electron chi connectivity index (χ0n) is 11.8. The van der Waals surface area contributed by atoms with Crippen LogP contribution in [-0.2, 0) is 33.9 Å². The summed E-state index contributed by atoms with van der Waals surface area (Å²) in [4.78, 5) is 11.4. The first-order valence-electron chi connectivity index (χ1n) is 6.65. The Bertz CT molecular complexity index is 610. The number of carbonyl (C=O) groups is 1. The van der Waals surface area contributed by atoms with Gasteiger partial charge in [0.25, 0.3) is 0 Å². The number of esters is 1. The number of benzene rings is 2. The molecule has 0 atom stereocenters. The molecule has 110 valence electrons. The van der Waals surface area contributed by atoms with Crippen molar-refractivity contribution in [1.29, 1.82) is 0 Å². The van der Waals surface area contributed by atoms with Gasteiger partial charge in [0.2, 0.25) is 0 Å². The maximum Gasteiger partial charge on any atom is 0.309 e. The summed E-state index contributed by atoms with van der Waals surface area (Å²) >= 11 is 5.93. The molecular formula is C17H17ClO3. The minimum Gasteiger partial charge on any atom is -0.469 e. The average Bonchev–Trinajstić information content (AvgIpc) is 2.49. The van der Waals surface area contributed by atoms with Gasteiger partial charge in [-0.25, -0.2) is 0 Å². The van der Waals surface area contributed by atoms with Crippen LogP contribution in [0.5, 0.6) is 0 Å². The van der Waals surface area contributed by atoms with Gasteiger partial charge in [-0.3, -0.25) is 4.79 Å². The van der Waals surface area contributed by atoms with E-state index in [0.717, 1.165) is 16.7 Å². The molecule has 4 heteroatoms. The molecule has 2 rings (SSSR count). The summed E-state index contributed by atoms with van der Waals surface area (Å²) < 4.78 is 10.4. The van der Waals surface area contributed by atoms with E-state index in [4.69, 9.17) is 21.1 Å². The van der Waals surface area contributed by atoms with E-state index in [1.165, 1.54) is 7.11 Å². The molecular weight excluding hydrogens is 288 g/mol. The van der Waals surface area contributed by atoms with E-state index in [9.17, 15) is 4.79 Å². The van der Waals surface area contributed by atoms with Crippen LogP contribution in [0.2, 0.25) is 5.02 Å². The van der Waals surface area contributed by atoms with Crippen molar-refractivity contribution in [2.75, 3.05) is 7.11 Å². The average molecular weight is 305 g/mol. The molecule has 0 aliphatic carbocycles. The molecule has 0 aliphatic rings. The van der Waals surface area contributed by atoms with Crippen LogP contribution >= 0.6 is 11.6 Å². The molecule has 0 radical (unpaired) electrons. The Balaban J connectivity index is 1.95. The first-order valence-corrected chi connectivity index (χ1v) is 7.02. The van der Waals surface area contributed by atoms with Gasteiger partial charge in [-0.05, 0) is 28.8 Å². The standard InChI is InChI=1S/C17H17ClO3/c1-20-17(19)10-14-6-2-3-7-15(14)12-21-11-13-5-4-8-16(18)9-13/h2-9H,10-12H2,1H3. The minimum atomic E-state index is -0.253. The predicted octanol–water partition coefficient (Wildman–Crippen LogP) is 3.77. The Labute approximate surface area is 129 Å². The molecule has 0 amide bonds. The van der Waals surface area contributed by atoms with Gasteiger partial charge in [0.05, 0.1) is 26.7 Å². The predicted molar refractivity (Wildman–Crippen MR) is 82.1 cm³/mol. The Morgan fingerprint density at radius 3 is 2.52 bits per heavy atom. The van der Waals surface area contributed by atoms with Crippen LogP contribution in [0.3, 0.4) is 0 Å². The monoisotopic (exact) mass is 304 g/mol. The number of rotatable bonds is 6. The van der Waals surface area contributed by atoms with Crippen LogP contribution in [0.25, 0.3) is 0 Å². The topological polar surface area (TPSA) is 35.5 Å². The first kappa shape index (κ1) is 15.5. The van der Waals surface area contributed by atoms with Gasteiger partial charge >= 0.3 is 5.97 Å². The van der Waals surface area contributed by atoms with Gasteiger partial charge in [0.15, 0.2) is 0 Å². The molecule has 2 aromatic carbocycles. The Morgan fingerprint density at radius 1 is 1.05 bits per heavy atom. The van der Waals surface area contributed by atoms with Gasteiger partial charge in [0.1, 0.15) is 0 Å². The van der Waals surface area contributed by atoms with Crippen LogP contribution < -0.4 is 0 Å². The second-order valence-electron chi connectivity index (χ2n) is 4.64. The van der Waals surface area contributed by atoms with E-state index in [-0.39, 0.29) is 12.4 Å². The summed E-state index contributed by atoms with van der Waals surface area (Å²) in [6, 6.07) is 15.3. The Morgan fingerprint density at radius 2 is 1.81 bits per heavy atom. The van der Waals surface area contributed by atoms with Crippen LogP contribution in [0, 0.1) is 0 Å². The summed E-state index contributed by atoms with van der Waals surface area (Å²) in [6.07, 6.45) is 0.257. The van der Waals surface area contributed by atoms with E-state index in [2.05, 4.69) is 0 Å². The van der Waals surface area contributed by atoms with Crippen LogP contribution in [0.4, 0.5) is 0 Å². The number of ether oxygens (including phenoxy) is 2. The molecule has 0 N–H and O–H groups in total. The van der Waals surface area contributed by atoms with Crippen molar-refractivity contribution in [3.05, 3.63) is 70.2 Å². The van der Waals surface area contributed by atoms with Crippen LogP contribution in [0.1, 0.15) is 16.7 Å². The summed E-state index contributed by atoms with van der Waals surface area (Å²) in [5.74, 6) is -0.253. The highest BCUT2D eigenvalue weighted by Crippen LogP contribution is 2.15.